The van der Waals surface area contributed by atoms with Crippen LogP contribution in [0.4, 0.5) is 0 Å². The summed E-state index contributed by atoms with van der Waals surface area (Å²) in [5, 5.41) is 7.49. The minimum atomic E-state index is -2.02. The van der Waals surface area contributed by atoms with E-state index in [2.05, 4.69) is 15.3 Å². The van der Waals surface area contributed by atoms with Gasteiger partial charge in [0, 0.05) is 18.9 Å². The van der Waals surface area contributed by atoms with E-state index in [-0.39, 0.29) is 64.0 Å². The van der Waals surface area contributed by atoms with Gasteiger partial charge >= 0.3 is 23.9 Å². The van der Waals surface area contributed by atoms with Gasteiger partial charge < -0.3 is 95.3 Å². The first kappa shape index (κ1) is 92.7. The smallest absolute Gasteiger partial charge is 0.338 e. The zero-order valence-corrected chi connectivity index (χ0v) is 71.5. The van der Waals surface area contributed by atoms with Crippen LogP contribution in [0.3, 0.4) is 0 Å². The Balaban J connectivity index is 0.971. The second-order valence-corrected chi connectivity index (χ2v) is 32.7. The summed E-state index contributed by atoms with van der Waals surface area (Å²) in [7, 11) is 1.42. The van der Waals surface area contributed by atoms with Crippen LogP contribution in [0.15, 0.2) is 278 Å². The standard InChI is InChI=1S/C98H108N4O24/c1-63(103)100-75-79(111-56-66-40-22-11-23-41-66)77(73(116-93(75)108-8)61-109-54-64-36-18-9-19-37-64)120-96-88(119-90(105)72-52-34-17-35-53-72)83(115-60-70-48-30-15-31-49-70)84(86(124-96)92(107)126-98(5,6)7)122-94-76(101-102-99)80(112-57-67-42-24-12-25-43-67)78(74(117-94)62-110-55-65-38-20-10-21-39-65)121-95-87(118-89(104)71-50-32-16-33-51-71)82(114-59-69-46-28-14-29-47-69)81(113-58-68-44-26-13-27-45-68)85(123-95)91(106)125-97(2,3)4/h9-53,73-88,93-96H,54-62H2,1-8H3,(H,100,103)/t73-,74-,75-,76-,77-,78-,79-,80-,81+,82+,83+,84+,85+,86+,87-,88-,93+,94+,95-,96-/m1/s1. The molecule has 664 valence electrons. The van der Waals surface area contributed by atoms with E-state index in [0.717, 1.165) is 16.7 Å². The number of amides is 1. The highest BCUT2D eigenvalue weighted by Gasteiger charge is 2.62. The molecule has 28 heteroatoms. The van der Waals surface area contributed by atoms with E-state index in [1.165, 1.54) is 14.0 Å². The van der Waals surface area contributed by atoms with Crippen LogP contribution in [-0.4, -0.2) is 184 Å². The summed E-state index contributed by atoms with van der Waals surface area (Å²) in [6, 6.07) is 77.9. The Labute approximate surface area is 733 Å². The van der Waals surface area contributed by atoms with Crippen molar-refractivity contribution in [2.45, 2.75) is 229 Å². The highest BCUT2D eigenvalue weighted by atomic mass is 16.8. The molecule has 0 bridgehead atoms. The molecular weight excluding hydrogens is 1620 g/mol. The molecule has 9 aromatic rings. The molecule has 1 amide bonds. The van der Waals surface area contributed by atoms with Gasteiger partial charge in [0.15, 0.2) is 49.6 Å². The van der Waals surface area contributed by atoms with Gasteiger partial charge in [0.05, 0.1) is 70.6 Å². The third-order valence-corrected chi connectivity index (χ3v) is 20.9. The first-order chi connectivity index (χ1) is 61.1. The topological polar surface area (TPSA) is 322 Å². The molecule has 0 aliphatic carbocycles. The summed E-state index contributed by atoms with van der Waals surface area (Å²) < 4.78 is 132. The number of carbonyl (C=O) groups is 5. The van der Waals surface area contributed by atoms with Crippen molar-refractivity contribution < 1.29 is 114 Å². The summed E-state index contributed by atoms with van der Waals surface area (Å²) in [5.74, 6) is -4.23. The molecule has 4 heterocycles. The highest BCUT2D eigenvalue weighted by Crippen LogP contribution is 2.42. The molecule has 13 rings (SSSR count). The summed E-state index contributed by atoms with van der Waals surface area (Å²) in [6.45, 7) is 10.00. The number of ether oxygens (including phenoxy) is 19. The monoisotopic (exact) mass is 1720 g/mol. The van der Waals surface area contributed by atoms with Crippen LogP contribution in [0, 0.1) is 0 Å². The maximum atomic E-state index is 16.1. The molecule has 28 nitrogen and oxygen atoms in total. The van der Waals surface area contributed by atoms with Gasteiger partial charge in [0.2, 0.25) is 5.91 Å². The van der Waals surface area contributed by atoms with Crippen LogP contribution in [0.5, 0.6) is 0 Å². The van der Waals surface area contributed by atoms with Gasteiger partial charge in [0.25, 0.3) is 0 Å². The van der Waals surface area contributed by atoms with Crippen molar-refractivity contribution in [3.05, 3.63) is 334 Å². The number of benzene rings is 9. The van der Waals surface area contributed by atoms with Gasteiger partial charge in [-0.2, -0.15) is 0 Å². The number of hydrogen-bond donors (Lipinski definition) is 1. The van der Waals surface area contributed by atoms with E-state index >= 15 is 19.2 Å². The Hall–Kier alpha value is -11.0. The molecule has 9 aromatic carbocycles. The van der Waals surface area contributed by atoms with Gasteiger partial charge in [-0.3, -0.25) is 4.79 Å². The molecule has 126 heavy (non-hydrogen) atoms. The summed E-state index contributed by atoms with van der Waals surface area (Å²) in [5.41, 5.74) is 14.0. The molecule has 4 aliphatic heterocycles. The molecule has 4 fully saturated rings. The van der Waals surface area contributed by atoms with Crippen molar-refractivity contribution in [2.24, 2.45) is 5.11 Å². The molecule has 0 saturated carbocycles. The second kappa shape index (κ2) is 45.5. The molecule has 20 atom stereocenters. The summed E-state index contributed by atoms with van der Waals surface area (Å²) in [4.78, 5) is 79.2. The van der Waals surface area contributed by atoms with Crippen molar-refractivity contribution in [3.8, 4) is 0 Å². The molecule has 0 radical (unpaired) electrons. The van der Waals surface area contributed by atoms with Crippen molar-refractivity contribution >= 4 is 29.8 Å². The molecular formula is C98H108N4O24. The predicted octanol–water partition coefficient (Wildman–Crippen LogP) is 14.4. The number of azide groups is 1. The van der Waals surface area contributed by atoms with Crippen molar-refractivity contribution in [1.82, 2.24) is 5.32 Å². The minimum Gasteiger partial charge on any atom is -0.458 e. The number of nitrogens with one attached hydrogen (secondary N) is 1. The third kappa shape index (κ3) is 26.1. The number of esters is 4. The van der Waals surface area contributed by atoms with Crippen molar-refractivity contribution in [1.29, 1.82) is 0 Å². The van der Waals surface area contributed by atoms with Gasteiger partial charge in [0.1, 0.15) is 84.3 Å². The number of nitrogens with zero attached hydrogens (tertiary/aromatic N) is 3. The van der Waals surface area contributed by atoms with E-state index in [1.807, 2.05) is 188 Å². The first-order valence-electron chi connectivity index (χ1n) is 42.0. The fourth-order valence-corrected chi connectivity index (χ4v) is 15.1. The van der Waals surface area contributed by atoms with E-state index in [1.54, 1.807) is 126 Å². The minimum absolute atomic E-state index is 0.0353. The van der Waals surface area contributed by atoms with Crippen LogP contribution >= 0.6 is 0 Å². The average molecular weight is 1730 g/mol. The molecule has 4 saturated heterocycles. The van der Waals surface area contributed by atoms with Crippen LogP contribution in [0.1, 0.15) is 108 Å². The lowest BCUT2D eigenvalue weighted by Crippen LogP contribution is -2.70. The van der Waals surface area contributed by atoms with Crippen molar-refractivity contribution in [2.75, 3.05) is 20.3 Å². The van der Waals surface area contributed by atoms with Gasteiger partial charge in [-0.25, -0.2) is 19.2 Å². The Morgan fingerprint density at radius 2 is 0.659 bits per heavy atom. The lowest BCUT2D eigenvalue weighted by Gasteiger charge is -2.51. The maximum absolute atomic E-state index is 16.1. The largest absolute Gasteiger partial charge is 0.458 e. The molecule has 0 aromatic heterocycles. The lowest BCUT2D eigenvalue weighted by atomic mass is 9.93. The van der Waals surface area contributed by atoms with Gasteiger partial charge in [-0.1, -0.05) is 254 Å². The normalized spacial score (nSPS) is 26.1. The van der Waals surface area contributed by atoms with E-state index in [4.69, 9.17) is 90.0 Å². The van der Waals surface area contributed by atoms with Crippen LogP contribution < -0.4 is 5.32 Å². The molecule has 0 unspecified atom stereocenters. The lowest BCUT2D eigenvalue weighted by molar-refractivity contribution is -0.378. The van der Waals surface area contributed by atoms with Gasteiger partial charge in [-0.15, -0.1) is 0 Å². The Morgan fingerprint density at radius 3 is 1.01 bits per heavy atom. The maximum Gasteiger partial charge on any atom is 0.338 e. The first-order valence-corrected chi connectivity index (χ1v) is 42.0. The van der Waals surface area contributed by atoms with E-state index < -0.39 is 170 Å². The Kier molecular flexibility index (Phi) is 33.4. The second-order valence-electron chi connectivity index (χ2n) is 32.7. The molecule has 1 N–H and O–H groups in total. The van der Waals surface area contributed by atoms with E-state index in [0.29, 0.717) is 22.3 Å². The zero-order chi connectivity index (χ0) is 88.4. The summed E-state index contributed by atoms with van der Waals surface area (Å²) >= 11 is 0. The van der Waals surface area contributed by atoms with Crippen LogP contribution in [0.2, 0.25) is 0 Å². The number of rotatable bonds is 38. The summed E-state index contributed by atoms with van der Waals surface area (Å²) in [6.07, 6.45) is -29.4. The average Bonchev–Trinajstić information content (AvgIpc) is 0.753. The molecule has 4 aliphatic rings. The Bertz CT molecular complexity index is 4890. The zero-order valence-electron chi connectivity index (χ0n) is 71.5. The van der Waals surface area contributed by atoms with Crippen molar-refractivity contribution in [3.63, 3.8) is 0 Å². The highest BCUT2D eigenvalue weighted by molar-refractivity contribution is 5.90. The fourth-order valence-electron chi connectivity index (χ4n) is 15.1. The van der Waals surface area contributed by atoms with Crippen LogP contribution in [0.25, 0.3) is 10.4 Å². The number of methoxy groups -OCH3 is 1. The van der Waals surface area contributed by atoms with Crippen LogP contribution in [-0.2, 0) is 151 Å². The number of carbonyl (C=O) groups excluding carboxylic acids is 5. The third-order valence-electron chi connectivity index (χ3n) is 20.9. The predicted molar refractivity (Wildman–Crippen MR) is 457 cm³/mol. The number of hydrogen-bond acceptors (Lipinski definition) is 25. The Morgan fingerprint density at radius 1 is 0.357 bits per heavy atom. The van der Waals surface area contributed by atoms with E-state index in [9.17, 15) is 10.3 Å². The SMILES string of the molecule is CO[C@H]1O[C@H](COCc2ccccc2)[C@@H](O[C@@H]2O[C@H](C(=O)OC(C)(C)C)[C@@H](O[C@@H]3O[C@H](COCc4ccccc4)[C@@H](O[C@@H]4O[C@H](C(=O)OC(C)(C)C)[C@@H](OCc5ccccc5)[C@H](OCc5ccccc5)[C@H]4OC(=O)c4ccccc4)[C@H](OCc4ccccc4)[C@H]3N=[N+]=[N-])[C@H](OCc3ccccc3)[C@H]2OC(=O)c2ccccc2)[C@H](OCc2ccccc2)[C@H]1NC(C)=O. The van der Waals surface area contributed by atoms with Gasteiger partial charge in [-0.05, 0) is 110 Å². The molecule has 0 spiro atoms. The fraction of sp³-hybridized carbons (Fsp3) is 0.398. The quantitative estimate of drug-likeness (QED) is 0.0123.